The summed E-state index contributed by atoms with van der Waals surface area (Å²) in [5.74, 6) is 2.58. The second-order valence-electron chi connectivity index (χ2n) is 4.78. The van der Waals surface area contributed by atoms with Crippen LogP contribution in [-0.2, 0) is 11.5 Å². The number of aromatic nitrogens is 2. The van der Waals surface area contributed by atoms with E-state index >= 15 is 0 Å². The first-order valence-electron chi connectivity index (χ1n) is 6.44. The quantitative estimate of drug-likeness (QED) is 0.609. The van der Waals surface area contributed by atoms with Gasteiger partial charge in [-0.1, -0.05) is 54.1 Å². The van der Waals surface area contributed by atoms with Crippen LogP contribution in [0.25, 0.3) is 22.2 Å². The number of halogens is 1. The van der Waals surface area contributed by atoms with E-state index in [1.54, 1.807) is 0 Å². The summed E-state index contributed by atoms with van der Waals surface area (Å²) in [4.78, 5) is 9.22. The zero-order valence-corrected chi connectivity index (χ0v) is 12.2. The van der Waals surface area contributed by atoms with Crippen LogP contribution in [0.4, 0.5) is 0 Å². The van der Waals surface area contributed by atoms with Gasteiger partial charge in [0, 0.05) is 22.6 Å². The Bertz CT molecular complexity index is 811. The smallest absolute Gasteiger partial charge is 0.161 e. The largest absolute Gasteiger partial charge is 0.232 e. The van der Waals surface area contributed by atoms with E-state index in [1.165, 1.54) is 5.39 Å². The van der Waals surface area contributed by atoms with Crippen LogP contribution in [0.5, 0.6) is 0 Å². The molecule has 1 aliphatic rings. The van der Waals surface area contributed by atoms with E-state index in [1.807, 2.05) is 30.0 Å². The molecule has 0 fully saturated rings. The minimum atomic E-state index is 0.600. The number of benzene rings is 2. The maximum atomic E-state index is 6.31. The molecule has 2 heterocycles. The fourth-order valence-electron chi connectivity index (χ4n) is 2.55. The summed E-state index contributed by atoms with van der Waals surface area (Å²) in [5.41, 5.74) is 3.23. The average molecular weight is 299 g/mol. The minimum Gasteiger partial charge on any atom is -0.232 e. The van der Waals surface area contributed by atoms with Crippen molar-refractivity contribution in [1.82, 2.24) is 9.97 Å². The van der Waals surface area contributed by atoms with E-state index in [2.05, 4.69) is 29.2 Å². The van der Waals surface area contributed by atoms with Gasteiger partial charge in [0.1, 0.15) is 5.15 Å². The van der Waals surface area contributed by atoms with Crippen molar-refractivity contribution in [3.8, 4) is 11.4 Å². The normalized spacial score (nSPS) is 13.7. The summed E-state index contributed by atoms with van der Waals surface area (Å²) < 4.78 is 0. The molecule has 0 atom stereocenters. The number of hydrogen-bond acceptors (Lipinski definition) is 3. The van der Waals surface area contributed by atoms with Gasteiger partial charge in [0.15, 0.2) is 5.82 Å². The zero-order chi connectivity index (χ0) is 13.5. The number of nitrogens with zero attached hydrogens (tertiary/aromatic N) is 2. The molecule has 1 aliphatic heterocycles. The van der Waals surface area contributed by atoms with Crippen LogP contribution < -0.4 is 0 Å². The molecule has 0 spiro atoms. The lowest BCUT2D eigenvalue weighted by molar-refractivity contribution is 1.08. The average Bonchev–Trinajstić information content (AvgIpc) is 2.95. The summed E-state index contributed by atoms with van der Waals surface area (Å²) in [6.45, 7) is 0. The molecule has 0 unspecified atom stereocenters. The highest BCUT2D eigenvalue weighted by Gasteiger charge is 2.19. The van der Waals surface area contributed by atoms with E-state index < -0.39 is 0 Å². The molecule has 98 valence electrons. The molecule has 2 aromatic carbocycles. The lowest BCUT2D eigenvalue weighted by atomic mass is 10.0. The standard InChI is InChI=1S/C16H11ClN2S/c17-15-13-8-20-9-14(13)18-16(19-15)12-7-3-5-10-4-1-2-6-11(10)12/h1-7H,8-9H2. The van der Waals surface area contributed by atoms with E-state index in [-0.39, 0.29) is 0 Å². The molecule has 0 radical (unpaired) electrons. The van der Waals surface area contributed by atoms with Gasteiger partial charge in [0.2, 0.25) is 0 Å². The van der Waals surface area contributed by atoms with Crippen molar-refractivity contribution in [3.63, 3.8) is 0 Å². The lowest BCUT2D eigenvalue weighted by Crippen LogP contribution is -1.97. The molecular formula is C16H11ClN2S. The first kappa shape index (κ1) is 12.2. The molecule has 2 nitrogen and oxygen atoms in total. The van der Waals surface area contributed by atoms with Crippen molar-refractivity contribution in [3.05, 3.63) is 58.9 Å². The highest BCUT2D eigenvalue weighted by Crippen LogP contribution is 2.35. The predicted octanol–water partition coefficient (Wildman–Crippen LogP) is 4.70. The molecule has 0 N–H and O–H groups in total. The van der Waals surface area contributed by atoms with Gasteiger partial charge in [0.05, 0.1) is 5.69 Å². The van der Waals surface area contributed by atoms with Crippen LogP contribution in [0.2, 0.25) is 5.15 Å². The zero-order valence-electron chi connectivity index (χ0n) is 10.6. The fourth-order valence-corrected chi connectivity index (χ4v) is 3.93. The number of fused-ring (bicyclic) bond motifs is 2. The molecular weight excluding hydrogens is 288 g/mol. The molecule has 0 saturated heterocycles. The van der Waals surface area contributed by atoms with Crippen LogP contribution in [-0.4, -0.2) is 9.97 Å². The van der Waals surface area contributed by atoms with Crippen molar-refractivity contribution in [1.29, 1.82) is 0 Å². The third-order valence-corrected chi connectivity index (χ3v) is 4.84. The Balaban J connectivity index is 1.98. The predicted molar refractivity (Wildman–Crippen MR) is 85.0 cm³/mol. The fraction of sp³-hybridized carbons (Fsp3) is 0.125. The summed E-state index contributed by atoms with van der Waals surface area (Å²) in [7, 11) is 0. The molecule has 3 aromatic rings. The van der Waals surface area contributed by atoms with E-state index in [0.717, 1.165) is 39.5 Å². The van der Waals surface area contributed by atoms with Gasteiger partial charge in [-0.15, -0.1) is 0 Å². The summed E-state index contributed by atoms with van der Waals surface area (Å²) in [5, 5.41) is 2.96. The Labute approximate surface area is 126 Å². The van der Waals surface area contributed by atoms with Crippen molar-refractivity contribution in [2.24, 2.45) is 0 Å². The number of hydrogen-bond donors (Lipinski definition) is 0. The van der Waals surface area contributed by atoms with Gasteiger partial charge in [-0.25, -0.2) is 9.97 Å². The molecule has 4 rings (SSSR count). The highest BCUT2D eigenvalue weighted by molar-refractivity contribution is 7.98. The van der Waals surface area contributed by atoms with Crippen LogP contribution in [0, 0.1) is 0 Å². The first-order chi connectivity index (χ1) is 9.83. The molecule has 0 saturated carbocycles. The Morgan fingerprint density at radius 2 is 1.80 bits per heavy atom. The third-order valence-electron chi connectivity index (χ3n) is 3.56. The van der Waals surface area contributed by atoms with Crippen LogP contribution in [0.1, 0.15) is 11.3 Å². The van der Waals surface area contributed by atoms with E-state index in [4.69, 9.17) is 16.6 Å². The van der Waals surface area contributed by atoms with Gasteiger partial charge >= 0.3 is 0 Å². The van der Waals surface area contributed by atoms with Crippen LogP contribution in [0.3, 0.4) is 0 Å². The number of rotatable bonds is 1. The molecule has 20 heavy (non-hydrogen) atoms. The van der Waals surface area contributed by atoms with Gasteiger partial charge in [-0.2, -0.15) is 11.8 Å². The van der Waals surface area contributed by atoms with Gasteiger partial charge in [-0.05, 0) is 10.8 Å². The Morgan fingerprint density at radius 1 is 0.950 bits per heavy atom. The van der Waals surface area contributed by atoms with Gasteiger partial charge < -0.3 is 0 Å². The summed E-state index contributed by atoms with van der Waals surface area (Å²) in [6.07, 6.45) is 0. The van der Waals surface area contributed by atoms with Gasteiger partial charge in [0.25, 0.3) is 0 Å². The van der Waals surface area contributed by atoms with E-state index in [9.17, 15) is 0 Å². The molecule has 0 bridgehead atoms. The van der Waals surface area contributed by atoms with Crippen molar-refractivity contribution >= 4 is 34.1 Å². The monoisotopic (exact) mass is 298 g/mol. The maximum Gasteiger partial charge on any atom is 0.161 e. The third kappa shape index (κ3) is 1.89. The lowest BCUT2D eigenvalue weighted by Gasteiger charge is -2.08. The van der Waals surface area contributed by atoms with Gasteiger partial charge in [-0.3, -0.25) is 0 Å². The topological polar surface area (TPSA) is 25.8 Å². The minimum absolute atomic E-state index is 0.600. The maximum absolute atomic E-state index is 6.31. The highest BCUT2D eigenvalue weighted by atomic mass is 35.5. The summed E-state index contributed by atoms with van der Waals surface area (Å²) >= 11 is 8.15. The molecule has 0 aliphatic carbocycles. The molecule has 0 amide bonds. The SMILES string of the molecule is Clc1nc(-c2cccc3ccccc23)nc2c1CSC2. The Hall–Kier alpha value is -1.58. The van der Waals surface area contributed by atoms with E-state index in [0.29, 0.717) is 5.15 Å². The second kappa shape index (κ2) is 4.76. The van der Waals surface area contributed by atoms with Crippen molar-refractivity contribution in [2.45, 2.75) is 11.5 Å². The molecule has 4 heteroatoms. The summed E-state index contributed by atoms with van der Waals surface area (Å²) in [6, 6.07) is 14.5. The Kier molecular flexibility index (Phi) is 2.90. The van der Waals surface area contributed by atoms with Crippen LogP contribution >= 0.6 is 23.4 Å². The van der Waals surface area contributed by atoms with Crippen molar-refractivity contribution < 1.29 is 0 Å². The number of thioether (sulfide) groups is 1. The van der Waals surface area contributed by atoms with Crippen LogP contribution in [0.15, 0.2) is 42.5 Å². The van der Waals surface area contributed by atoms with Crippen molar-refractivity contribution in [2.75, 3.05) is 0 Å². The Morgan fingerprint density at radius 3 is 2.75 bits per heavy atom. The second-order valence-corrected chi connectivity index (χ2v) is 6.13. The first-order valence-corrected chi connectivity index (χ1v) is 7.97. The molecule has 1 aromatic heterocycles.